The van der Waals surface area contributed by atoms with Crippen LogP contribution >= 0.6 is 0 Å². The van der Waals surface area contributed by atoms with Gasteiger partial charge in [0.2, 0.25) is 43.6 Å². The highest BCUT2D eigenvalue weighted by Gasteiger charge is 2.71. The second-order valence-corrected chi connectivity index (χ2v) is 37.8. The molecular formula is C60H108N10O13S2. The van der Waals surface area contributed by atoms with Crippen molar-refractivity contribution in [2.24, 2.45) is 67.8 Å². The van der Waals surface area contributed by atoms with Gasteiger partial charge in [0, 0.05) is 58.3 Å². The number of primary amides is 1. The molecule has 8 amide bonds. The quantitative estimate of drug-likeness (QED) is 0.0747. The molecule has 0 spiro atoms. The summed E-state index contributed by atoms with van der Waals surface area (Å²) in [6.45, 7) is 41.3. The van der Waals surface area contributed by atoms with Crippen LogP contribution in [0.4, 0.5) is 9.59 Å². The molecule has 2 aliphatic heterocycles. The van der Waals surface area contributed by atoms with E-state index in [1.54, 1.807) is 46.4 Å². The van der Waals surface area contributed by atoms with Crippen molar-refractivity contribution in [3.05, 3.63) is 0 Å². The van der Waals surface area contributed by atoms with Gasteiger partial charge in [0.15, 0.2) is 0 Å². The van der Waals surface area contributed by atoms with Gasteiger partial charge in [-0.05, 0) is 104 Å². The van der Waals surface area contributed by atoms with Crippen molar-refractivity contribution in [3.8, 4) is 0 Å². The maximum Gasteiger partial charge on any atom is 0.328 e. The van der Waals surface area contributed by atoms with Crippen molar-refractivity contribution >= 4 is 67.5 Å². The highest BCUT2D eigenvalue weighted by atomic mass is 32.2. The van der Waals surface area contributed by atoms with Crippen LogP contribution in [-0.4, -0.2) is 182 Å². The van der Waals surface area contributed by atoms with Crippen molar-refractivity contribution in [3.63, 3.8) is 0 Å². The molecule has 0 radical (unpaired) electrons. The Morgan fingerprint density at radius 1 is 0.553 bits per heavy atom. The van der Waals surface area contributed by atoms with Crippen LogP contribution < -0.4 is 32.3 Å². The lowest BCUT2D eigenvalue weighted by Gasteiger charge is -2.39. The highest BCUT2D eigenvalue weighted by Crippen LogP contribution is 2.66. The fourth-order valence-corrected chi connectivity index (χ4v) is 14.6. The minimum Gasteiger partial charge on any atom is -0.467 e. The summed E-state index contributed by atoms with van der Waals surface area (Å²) in [4.78, 5) is 109. The number of rotatable bonds is 19. The fourth-order valence-electron chi connectivity index (χ4n) is 12.1. The molecule has 11 atom stereocenters. The first-order valence-electron chi connectivity index (χ1n) is 29.9. The van der Waals surface area contributed by atoms with Crippen LogP contribution in [0, 0.1) is 62.1 Å². The smallest absolute Gasteiger partial charge is 0.328 e. The Morgan fingerprint density at radius 2 is 0.894 bits per heavy atom. The lowest BCUT2D eigenvalue weighted by atomic mass is 9.85. The number of carbonyl (C=O) groups is 8. The number of likely N-dealkylation sites (tertiary alicyclic amines) is 2. The molecule has 5 aliphatic rings. The van der Waals surface area contributed by atoms with Gasteiger partial charge in [0.1, 0.15) is 24.2 Å². The number of esters is 1. The van der Waals surface area contributed by atoms with Gasteiger partial charge in [0.05, 0.1) is 22.6 Å². The summed E-state index contributed by atoms with van der Waals surface area (Å²) < 4.78 is 57.6. The third-order valence-electron chi connectivity index (χ3n) is 18.6. The molecule has 3 aliphatic carbocycles. The molecule has 2 saturated heterocycles. The van der Waals surface area contributed by atoms with E-state index >= 15 is 0 Å². The molecule has 2 heterocycles. The zero-order valence-corrected chi connectivity index (χ0v) is 57.5. The third kappa shape index (κ3) is 16.4. The number of urea groups is 2. The van der Waals surface area contributed by atoms with E-state index in [9.17, 15) is 55.2 Å². The van der Waals surface area contributed by atoms with Crippen molar-refractivity contribution < 1.29 is 59.9 Å². The zero-order valence-electron chi connectivity index (χ0n) is 55.9. The van der Waals surface area contributed by atoms with Crippen LogP contribution in [0.1, 0.15) is 172 Å². The topological polar surface area (TPSA) is 313 Å². The van der Waals surface area contributed by atoms with E-state index in [0.717, 1.165) is 12.8 Å². The minimum absolute atomic E-state index is 0.0174. The third-order valence-corrected chi connectivity index (χ3v) is 23.6. The SMILES string of the molecule is CN(C[C@@H](NC(=O)N[C@H](C(=O)N1C[C@H]2[C@@H]([C@H]1C(=O)NC(CC1CC1)C(=O)C(N)=O)C2(C)C)C(C)(C)C)C(C)(C)C)S(=O)(=O)C(C)(C)C.COC(=O)[C@@H]1[C@@H]2[C@H](CN1C(=O)[C@@H](NC(=O)N[C@H](CN(C)S(=O)(=O)C(C)(C)C)C(C)(C)C)C(C)(C)C)C2(C)C. The van der Waals surface area contributed by atoms with Crippen LogP contribution in [-0.2, 0) is 53.6 Å². The molecule has 7 N–H and O–H groups in total. The fraction of sp³-hybridized carbons (Fsp3) is 0.867. The number of ether oxygens (including phenoxy) is 1. The molecule has 23 nitrogen and oxygen atoms in total. The summed E-state index contributed by atoms with van der Waals surface area (Å²) in [7, 11) is -2.96. The van der Waals surface area contributed by atoms with Crippen LogP contribution in [0.15, 0.2) is 0 Å². The Morgan fingerprint density at radius 3 is 1.19 bits per heavy atom. The number of sulfonamides is 2. The van der Waals surface area contributed by atoms with Gasteiger partial charge in [0.25, 0.3) is 5.91 Å². The van der Waals surface area contributed by atoms with Gasteiger partial charge in [-0.25, -0.2) is 39.8 Å². The number of likely N-dealkylation sites (N-methyl/N-ethyl adjacent to an activating group) is 2. The number of nitrogens with one attached hydrogen (secondary N) is 5. The van der Waals surface area contributed by atoms with Gasteiger partial charge < -0.3 is 46.9 Å². The number of nitrogens with zero attached hydrogens (tertiary/aromatic N) is 4. The Labute approximate surface area is 508 Å². The van der Waals surface area contributed by atoms with Crippen LogP contribution in [0.3, 0.4) is 0 Å². The molecular weight excluding hydrogens is 1130 g/mol. The van der Waals surface area contributed by atoms with E-state index in [1.165, 1.54) is 34.7 Å². The molecule has 1 unspecified atom stereocenters. The van der Waals surface area contributed by atoms with Gasteiger partial charge >= 0.3 is 18.0 Å². The maximum atomic E-state index is 14.3. The Kier molecular flexibility index (Phi) is 21.2. The van der Waals surface area contributed by atoms with E-state index in [2.05, 4.69) is 40.4 Å². The summed E-state index contributed by atoms with van der Waals surface area (Å²) in [5.41, 5.74) is 2.61. The lowest BCUT2D eigenvalue weighted by molar-refractivity contribution is -0.154. The molecule has 5 fully saturated rings. The molecule has 25 heteroatoms. The normalized spacial score (nSPS) is 24.7. The minimum atomic E-state index is -3.67. The van der Waals surface area contributed by atoms with Crippen LogP contribution in [0.25, 0.3) is 0 Å². The average Bonchev–Trinajstić information content (AvgIpc) is 1.66. The summed E-state index contributed by atoms with van der Waals surface area (Å²) >= 11 is 0. The number of piperidine rings is 2. The standard InChI is InChI=1S/C33H58N6O7S.C27H50N4O6S/c1-30(2,3)21(17-38(12)47(45,46)32(7,8)9)36-29(44)37-25(31(4,5)6)28(43)39-16-19-22(33(19,10)11)23(39)27(42)35-20(15-18-13-14-18)24(40)26(34)41;1-24(2,3)17(15-30(12)38(35,36)26(7,8)9)28-23(34)29-20(25(4,5)6)21(32)31-14-16-18(27(16,10)11)19(31)22(33)37-13/h18-23,25H,13-17H2,1-12H3,(H2,34,41)(H,35,42)(H2,36,37,44);16-20H,14-15H2,1-13H3,(H2,28,29,34)/t19-,20?,21+,22-,23-,25+;16-,17+,18-,19-,20+/m00/s1. The molecule has 3 saturated carbocycles. The number of carbonyl (C=O) groups excluding carboxylic acids is 8. The number of amides is 8. The van der Waals surface area contributed by atoms with Crippen LogP contribution in [0.2, 0.25) is 0 Å². The number of methoxy groups -OCH3 is 1. The predicted molar refractivity (Wildman–Crippen MR) is 327 cm³/mol. The average molecular weight is 1240 g/mol. The summed E-state index contributed by atoms with van der Waals surface area (Å²) in [5.74, 6) is -3.32. The summed E-state index contributed by atoms with van der Waals surface area (Å²) in [5, 5.41) is 14.3. The van der Waals surface area contributed by atoms with Crippen molar-refractivity contribution in [1.82, 2.24) is 45.0 Å². The Hall–Kier alpha value is -4.62. The first kappa shape index (κ1) is 72.9. The van der Waals surface area contributed by atoms with Crippen molar-refractivity contribution in [1.29, 1.82) is 0 Å². The molecule has 5 rings (SSSR count). The van der Waals surface area contributed by atoms with Crippen molar-refractivity contribution in [2.75, 3.05) is 47.4 Å². The van der Waals surface area contributed by atoms with E-state index in [1.807, 2.05) is 96.9 Å². The molecule has 488 valence electrons. The molecule has 0 aromatic rings. The number of fused-ring (bicyclic) bond motifs is 2. The Bertz CT molecular complexity index is 2780. The zero-order chi connectivity index (χ0) is 66.0. The van der Waals surface area contributed by atoms with E-state index < -0.39 is 135 Å². The number of hydrogen-bond acceptors (Lipinski definition) is 13. The first-order valence-corrected chi connectivity index (χ1v) is 32.8. The van der Waals surface area contributed by atoms with Gasteiger partial charge in [-0.2, -0.15) is 0 Å². The van der Waals surface area contributed by atoms with Gasteiger partial charge in [-0.1, -0.05) is 124 Å². The lowest BCUT2D eigenvalue weighted by Crippen LogP contribution is -2.63. The number of hydrogen-bond donors (Lipinski definition) is 6. The summed E-state index contributed by atoms with van der Waals surface area (Å²) in [6, 6.07) is -6.92. The van der Waals surface area contributed by atoms with Gasteiger partial charge in [-0.15, -0.1) is 0 Å². The highest BCUT2D eigenvalue weighted by molar-refractivity contribution is 7.90. The largest absolute Gasteiger partial charge is 0.467 e. The molecule has 0 aromatic heterocycles. The molecule has 0 bridgehead atoms. The summed E-state index contributed by atoms with van der Waals surface area (Å²) in [6.07, 6.45) is 2.13. The number of nitrogens with two attached hydrogens (primary N) is 1. The van der Waals surface area contributed by atoms with E-state index in [-0.39, 0.29) is 59.4 Å². The van der Waals surface area contributed by atoms with E-state index in [0.29, 0.717) is 19.5 Å². The maximum absolute atomic E-state index is 14.3. The number of ketones is 1. The Balaban J connectivity index is 0.000000373. The number of Topliss-reactive ketones (excluding diaryl/α,β-unsaturated/α-hetero) is 1. The molecule has 85 heavy (non-hydrogen) atoms. The second-order valence-electron chi connectivity index (χ2n) is 32.2. The van der Waals surface area contributed by atoms with Crippen molar-refractivity contribution in [2.45, 2.75) is 223 Å². The molecule has 0 aromatic carbocycles. The predicted octanol–water partition coefficient (Wildman–Crippen LogP) is 4.83. The van der Waals surface area contributed by atoms with E-state index in [4.69, 9.17) is 10.5 Å². The first-order chi connectivity index (χ1) is 38.0. The second kappa shape index (κ2) is 24.7. The monoisotopic (exact) mass is 1240 g/mol. The van der Waals surface area contributed by atoms with Crippen LogP contribution in [0.5, 0.6) is 0 Å². The van der Waals surface area contributed by atoms with Gasteiger partial charge in [-0.3, -0.25) is 24.0 Å².